The van der Waals surface area contributed by atoms with Gasteiger partial charge < -0.3 is 15.4 Å². The number of anilines is 2. The van der Waals surface area contributed by atoms with Crippen molar-refractivity contribution in [2.45, 2.75) is 19.4 Å². The molecule has 1 atom stereocenters. The highest BCUT2D eigenvalue weighted by molar-refractivity contribution is 5.63. The summed E-state index contributed by atoms with van der Waals surface area (Å²) < 4.78 is 5.27. The third-order valence-corrected chi connectivity index (χ3v) is 2.81. The van der Waals surface area contributed by atoms with Crippen LogP contribution in [0.5, 0.6) is 0 Å². The molecule has 1 unspecified atom stereocenters. The van der Waals surface area contributed by atoms with Gasteiger partial charge in [-0.05, 0) is 19.4 Å². The number of hydrogen-bond acceptors (Lipinski definition) is 5. The maximum atomic E-state index is 10.9. The highest BCUT2D eigenvalue weighted by Gasteiger charge is 2.17. The van der Waals surface area contributed by atoms with Gasteiger partial charge in [-0.2, -0.15) is 0 Å². The molecule has 6 nitrogen and oxygen atoms in total. The van der Waals surface area contributed by atoms with Gasteiger partial charge in [-0.3, -0.25) is 10.1 Å². The van der Waals surface area contributed by atoms with Crippen LogP contribution in [0, 0.1) is 10.1 Å². The van der Waals surface area contributed by atoms with Crippen molar-refractivity contribution in [3.05, 3.63) is 28.3 Å². The molecule has 2 rings (SSSR count). The Bertz CT molecular complexity index is 431. The molecule has 1 heterocycles. The smallest absolute Gasteiger partial charge is 0.273 e. The van der Waals surface area contributed by atoms with E-state index in [4.69, 9.17) is 4.74 Å². The number of ether oxygens (including phenoxy) is 1. The van der Waals surface area contributed by atoms with Crippen molar-refractivity contribution in [2.24, 2.45) is 0 Å². The highest BCUT2D eigenvalue weighted by atomic mass is 16.6. The van der Waals surface area contributed by atoms with Crippen molar-refractivity contribution < 1.29 is 9.66 Å². The summed E-state index contributed by atoms with van der Waals surface area (Å²) in [7, 11) is 0. The number of rotatable bonds is 5. The Labute approximate surface area is 105 Å². The molecule has 0 radical (unpaired) electrons. The summed E-state index contributed by atoms with van der Waals surface area (Å²) >= 11 is 0. The van der Waals surface area contributed by atoms with Crippen LogP contribution < -0.4 is 10.6 Å². The molecule has 0 aliphatic carbocycles. The van der Waals surface area contributed by atoms with Crippen LogP contribution in [0.15, 0.2) is 18.2 Å². The normalized spacial score (nSPS) is 18.6. The summed E-state index contributed by atoms with van der Waals surface area (Å²) in [5.74, 6) is 0. The van der Waals surface area contributed by atoms with Gasteiger partial charge in [0.1, 0.15) is 0 Å². The Kier molecular flexibility index (Phi) is 3.99. The summed E-state index contributed by atoms with van der Waals surface area (Å²) in [5, 5.41) is 17.2. The van der Waals surface area contributed by atoms with Gasteiger partial charge in [0.05, 0.1) is 17.6 Å². The Balaban J connectivity index is 2.18. The molecule has 18 heavy (non-hydrogen) atoms. The standard InChI is InChI=1S/C12H17N3O3/c1-2-13-10-5-11(7-12(6-10)15(16)17)14-9-3-4-18-8-9/h5-7,9,13-14H,2-4,8H2,1H3. The zero-order valence-electron chi connectivity index (χ0n) is 10.3. The highest BCUT2D eigenvalue weighted by Crippen LogP contribution is 2.25. The number of benzene rings is 1. The van der Waals surface area contributed by atoms with Gasteiger partial charge >= 0.3 is 0 Å². The molecule has 1 aromatic rings. The molecule has 2 N–H and O–H groups in total. The number of nitrogens with zero attached hydrogens (tertiary/aromatic N) is 1. The van der Waals surface area contributed by atoms with E-state index in [-0.39, 0.29) is 16.7 Å². The molecule has 0 saturated carbocycles. The lowest BCUT2D eigenvalue weighted by atomic mass is 10.2. The molecule has 1 saturated heterocycles. The van der Waals surface area contributed by atoms with E-state index in [9.17, 15) is 10.1 Å². The van der Waals surface area contributed by atoms with E-state index in [2.05, 4.69) is 10.6 Å². The largest absolute Gasteiger partial charge is 0.385 e. The first kappa shape index (κ1) is 12.6. The maximum absolute atomic E-state index is 10.9. The first-order chi connectivity index (χ1) is 8.69. The fourth-order valence-corrected chi connectivity index (χ4v) is 1.99. The second-order valence-corrected chi connectivity index (χ2v) is 4.26. The van der Waals surface area contributed by atoms with Gasteiger partial charge in [-0.15, -0.1) is 0 Å². The molecule has 0 aromatic heterocycles. The lowest BCUT2D eigenvalue weighted by Gasteiger charge is -2.13. The molecule has 98 valence electrons. The fraction of sp³-hybridized carbons (Fsp3) is 0.500. The predicted molar refractivity (Wildman–Crippen MR) is 70.1 cm³/mol. The number of nitrogens with one attached hydrogen (secondary N) is 2. The molecule has 0 bridgehead atoms. The SMILES string of the molecule is CCNc1cc(NC2CCOC2)cc([N+](=O)[O-])c1. The molecule has 0 amide bonds. The summed E-state index contributed by atoms with van der Waals surface area (Å²) in [6.45, 7) is 4.08. The minimum Gasteiger partial charge on any atom is -0.385 e. The first-order valence-electron chi connectivity index (χ1n) is 6.06. The van der Waals surface area contributed by atoms with E-state index in [1.807, 2.05) is 13.0 Å². The van der Waals surface area contributed by atoms with Crippen LogP contribution in [0.4, 0.5) is 17.1 Å². The minimum absolute atomic E-state index is 0.0925. The number of nitro groups is 1. The van der Waals surface area contributed by atoms with Crippen LogP contribution >= 0.6 is 0 Å². The third kappa shape index (κ3) is 3.10. The number of nitro benzene ring substituents is 1. The van der Waals surface area contributed by atoms with Gasteiger partial charge in [0.2, 0.25) is 0 Å². The zero-order valence-corrected chi connectivity index (χ0v) is 10.3. The number of non-ortho nitro benzene ring substituents is 1. The van der Waals surface area contributed by atoms with E-state index in [1.165, 1.54) is 0 Å². The van der Waals surface area contributed by atoms with Crippen LogP contribution in [0.3, 0.4) is 0 Å². The van der Waals surface area contributed by atoms with Crippen LogP contribution in [0.1, 0.15) is 13.3 Å². The quantitative estimate of drug-likeness (QED) is 0.620. The van der Waals surface area contributed by atoms with E-state index in [0.717, 1.165) is 30.9 Å². The van der Waals surface area contributed by atoms with Crippen LogP contribution in [0.2, 0.25) is 0 Å². The summed E-state index contributed by atoms with van der Waals surface area (Å²) in [5.41, 5.74) is 1.61. The molecule has 0 spiro atoms. The second-order valence-electron chi connectivity index (χ2n) is 4.26. The van der Waals surface area contributed by atoms with Gasteiger partial charge in [-0.25, -0.2) is 0 Å². The van der Waals surface area contributed by atoms with Crippen molar-refractivity contribution >= 4 is 17.1 Å². The van der Waals surface area contributed by atoms with Crippen molar-refractivity contribution in [2.75, 3.05) is 30.4 Å². The summed E-state index contributed by atoms with van der Waals surface area (Å²) in [6.07, 6.45) is 0.930. The average molecular weight is 251 g/mol. The van der Waals surface area contributed by atoms with E-state index in [1.54, 1.807) is 12.1 Å². The molecule has 6 heteroatoms. The molecular formula is C12H17N3O3. The van der Waals surface area contributed by atoms with E-state index < -0.39 is 0 Å². The van der Waals surface area contributed by atoms with E-state index >= 15 is 0 Å². The van der Waals surface area contributed by atoms with Gasteiger partial charge in [0.25, 0.3) is 5.69 Å². The van der Waals surface area contributed by atoms with Crippen molar-refractivity contribution in [3.8, 4) is 0 Å². The van der Waals surface area contributed by atoms with Crippen LogP contribution in [0.25, 0.3) is 0 Å². The monoisotopic (exact) mass is 251 g/mol. The van der Waals surface area contributed by atoms with E-state index in [0.29, 0.717) is 6.61 Å². The maximum Gasteiger partial charge on any atom is 0.273 e. The Hall–Kier alpha value is -1.82. The minimum atomic E-state index is -0.378. The van der Waals surface area contributed by atoms with Crippen molar-refractivity contribution in [1.29, 1.82) is 0 Å². The van der Waals surface area contributed by atoms with Crippen LogP contribution in [-0.2, 0) is 4.74 Å². The lowest BCUT2D eigenvalue weighted by molar-refractivity contribution is -0.384. The van der Waals surface area contributed by atoms with Crippen molar-refractivity contribution in [1.82, 2.24) is 0 Å². The molecule has 1 aromatic carbocycles. The van der Waals surface area contributed by atoms with Gasteiger partial charge in [0, 0.05) is 36.7 Å². The molecule has 1 aliphatic rings. The summed E-state index contributed by atoms with van der Waals surface area (Å²) in [6, 6.07) is 5.22. The second kappa shape index (κ2) is 5.68. The first-order valence-corrected chi connectivity index (χ1v) is 6.06. The Morgan fingerprint density at radius 2 is 2.22 bits per heavy atom. The van der Waals surface area contributed by atoms with Crippen molar-refractivity contribution in [3.63, 3.8) is 0 Å². The summed E-state index contributed by atoms with van der Waals surface area (Å²) in [4.78, 5) is 10.5. The molecule has 1 fully saturated rings. The third-order valence-electron chi connectivity index (χ3n) is 2.81. The molecule has 1 aliphatic heterocycles. The average Bonchev–Trinajstić information content (AvgIpc) is 2.82. The Morgan fingerprint density at radius 1 is 1.44 bits per heavy atom. The zero-order chi connectivity index (χ0) is 13.0. The van der Waals surface area contributed by atoms with Crippen LogP contribution in [-0.4, -0.2) is 30.7 Å². The predicted octanol–water partition coefficient (Wildman–Crippen LogP) is 2.23. The Morgan fingerprint density at radius 3 is 2.83 bits per heavy atom. The van der Waals surface area contributed by atoms with Gasteiger partial charge in [0.15, 0.2) is 0 Å². The number of hydrogen-bond donors (Lipinski definition) is 2. The van der Waals surface area contributed by atoms with Gasteiger partial charge in [-0.1, -0.05) is 0 Å². The topological polar surface area (TPSA) is 76.4 Å². The lowest BCUT2D eigenvalue weighted by Crippen LogP contribution is -2.19. The molecular weight excluding hydrogens is 234 g/mol. The fourth-order valence-electron chi connectivity index (χ4n) is 1.99.